The summed E-state index contributed by atoms with van der Waals surface area (Å²) in [4.78, 5) is 47.4. The van der Waals surface area contributed by atoms with Gasteiger partial charge < -0.3 is 39.1 Å². The summed E-state index contributed by atoms with van der Waals surface area (Å²) in [5.74, 6) is 4.06. The van der Waals surface area contributed by atoms with Crippen LogP contribution in [0, 0.1) is 46.3 Å². The number of aldehydes is 1. The molecule has 3 saturated carbocycles. The highest BCUT2D eigenvalue weighted by atomic mass is 16.5. The van der Waals surface area contributed by atoms with Crippen molar-refractivity contribution in [2.75, 3.05) is 20.8 Å². The first-order chi connectivity index (χ1) is 34.6. The zero-order valence-corrected chi connectivity index (χ0v) is 44.0. The van der Waals surface area contributed by atoms with Gasteiger partial charge in [0.25, 0.3) is 5.91 Å². The van der Waals surface area contributed by atoms with Crippen molar-refractivity contribution in [3.05, 3.63) is 71.3 Å². The van der Waals surface area contributed by atoms with Crippen LogP contribution in [0.2, 0.25) is 0 Å². The topological polar surface area (TPSA) is 153 Å². The largest absolute Gasteiger partial charge is 0.462 e. The highest BCUT2D eigenvalue weighted by Crippen LogP contribution is 2.67. The van der Waals surface area contributed by atoms with Crippen molar-refractivity contribution in [1.82, 2.24) is 14.5 Å². The number of nitrogens with one attached hydrogen (secondary N) is 1. The molecule has 2 aromatic heterocycles. The second-order valence-corrected chi connectivity index (χ2v) is 23.8. The van der Waals surface area contributed by atoms with Crippen LogP contribution in [0.25, 0.3) is 43.6 Å². The van der Waals surface area contributed by atoms with E-state index in [1.54, 1.807) is 14.2 Å². The van der Waals surface area contributed by atoms with E-state index < -0.39 is 11.5 Å². The number of hydrogen-bond donors (Lipinski definition) is 2. The van der Waals surface area contributed by atoms with E-state index in [4.69, 9.17) is 19.9 Å². The van der Waals surface area contributed by atoms with Crippen LogP contribution in [-0.2, 0) is 39.9 Å². The minimum Gasteiger partial charge on any atom is -0.462 e. The van der Waals surface area contributed by atoms with Crippen LogP contribution in [0.1, 0.15) is 160 Å². The van der Waals surface area contributed by atoms with Gasteiger partial charge in [0.15, 0.2) is 12.5 Å². The van der Waals surface area contributed by atoms with Gasteiger partial charge in [-0.05, 0) is 116 Å². The maximum absolute atomic E-state index is 13.1. The van der Waals surface area contributed by atoms with E-state index in [0.717, 1.165) is 110 Å². The third-order valence-electron chi connectivity index (χ3n) is 18.9. The molecule has 386 valence electrons. The Morgan fingerprint density at radius 1 is 0.875 bits per heavy atom. The van der Waals surface area contributed by atoms with Gasteiger partial charge in [-0.3, -0.25) is 19.2 Å². The summed E-state index contributed by atoms with van der Waals surface area (Å²) in [5.41, 5.74) is 14.9. The average molecular weight is 983 g/mol. The van der Waals surface area contributed by atoms with Crippen LogP contribution in [0.15, 0.2) is 60.2 Å². The van der Waals surface area contributed by atoms with Crippen molar-refractivity contribution >= 4 is 67.7 Å². The number of allylic oxidation sites excluding steroid dienone is 1. The number of rotatable bonds is 11. The molecule has 12 rings (SSSR count). The van der Waals surface area contributed by atoms with Crippen molar-refractivity contribution in [3.8, 4) is 0 Å². The summed E-state index contributed by atoms with van der Waals surface area (Å²) < 4.78 is 26.1. The molecule has 5 aromatic rings. The van der Waals surface area contributed by atoms with Gasteiger partial charge in [-0.1, -0.05) is 102 Å². The van der Waals surface area contributed by atoms with Crippen molar-refractivity contribution in [3.63, 3.8) is 0 Å². The summed E-state index contributed by atoms with van der Waals surface area (Å²) in [6.07, 6.45) is 16.9. The second-order valence-electron chi connectivity index (χ2n) is 23.8. The molecule has 0 radical (unpaired) electrons. The first-order valence-corrected chi connectivity index (χ1v) is 27.2. The lowest BCUT2D eigenvalue weighted by Crippen LogP contribution is -2.51. The number of amides is 1. The van der Waals surface area contributed by atoms with E-state index in [9.17, 15) is 19.2 Å². The zero-order valence-electron chi connectivity index (χ0n) is 44.0. The van der Waals surface area contributed by atoms with Crippen LogP contribution < -0.4 is 11.1 Å². The number of para-hydroxylation sites is 2. The lowest BCUT2D eigenvalue weighted by molar-refractivity contribution is -0.155. The lowest BCUT2D eigenvalue weighted by Gasteiger charge is -2.58. The summed E-state index contributed by atoms with van der Waals surface area (Å²) in [6, 6.07) is 16.8. The molecule has 4 aliphatic carbocycles. The van der Waals surface area contributed by atoms with Crippen LogP contribution in [0.4, 0.5) is 0 Å². The Labute approximate surface area is 425 Å². The quantitative estimate of drug-likeness (QED) is 0.0748. The number of aromatic nitrogens is 2. The van der Waals surface area contributed by atoms with Crippen LogP contribution in [0.5, 0.6) is 0 Å². The number of nitrogens with zero attached hydrogens (tertiary/aromatic N) is 2. The molecular formula is C60H78N4O8. The number of nitrogens with two attached hydrogens (primary N) is 1. The Morgan fingerprint density at radius 3 is 2.28 bits per heavy atom. The smallest absolute Gasteiger partial charge is 0.306 e. The predicted molar refractivity (Wildman–Crippen MR) is 282 cm³/mol. The fourth-order valence-electron chi connectivity index (χ4n) is 15.8. The normalized spacial score (nSPS) is 31.1. The van der Waals surface area contributed by atoms with Gasteiger partial charge in [-0.25, -0.2) is 0 Å². The Kier molecular flexibility index (Phi) is 13.8. The highest BCUT2D eigenvalue weighted by Gasteiger charge is 2.59. The predicted octanol–water partition coefficient (Wildman–Crippen LogP) is 12.0. The van der Waals surface area contributed by atoms with E-state index in [-0.39, 0.29) is 55.3 Å². The van der Waals surface area contributed by atoms with Gasteiger partial charge in [0, 0.05) is 55.2 Å². The maximum Gasteiger partial charge on any atom is 0.306 e. The number of carbonyl (C=O) groups is 4. The van der Waals surface area contributed by atoms with Gasteiger partial charge in [0.05, 0.1) is 46.0 Å². The van der Waals surface area contributed by atoms with Crippen molar-refractivity contribution in [1.29, 1.82) is 0 Å². The fourth-order valence-corrected chi connectivity index (χ4v) is 15.8. The van der Waals surface area contributed by atoms with Crippen molar-refractivity contribution < 1.29 is 38.1 Å². The van der Waals surface area contributed by atoms with E-state index >= 15 is 0 Å². The zero-order chi connectivity index (χ0) is 50.9. The molecule has 11 unspecified atom stereocenters. The standard InChI is InChI=1S/C33H52O5.C25H20N4O2.C2H6O/c1-22(2)7-6-8-23(3)27-11-12-28-26-10-9-24-21-25(38-31(36)14-13-30(35)37-20-19-34)15-17-32(24,4)29(26)16-18-33(27,28)5;1-25(26)10-17-28-15-8-4-3-7-13(15)19-20-14(11-27-23(20)30)18-12-6-2-5-9-16(12)29(24(25)31-17)21(18)22(19)28;1-3-2/h9,19,22-23,25-29H,6-8,10-18,20-21H2,1-5H3;2-9,17,24H,10-11,26H2,1H3,(H,27,30);1-2H3. The molecular weight excluding hydrogens is 905 g/mol. The fraction of sp³-hybridized carbons (Fsp3) is 0.600. The number of ether oxygens (including phenoxy) is 4. The van der Waals surface area contributed by atoms with Gasteiger partial charge in [0.1, 0.15) is 18.9 Å². The molecule has 1 amide bonds. The average Bonchev–Trinajstić information content (AvgIpc) is 4.14. The number of benzene rings is 3. The molecule has 3 N–H and O–H groups in total. The molecule has 7 aliphatic rings. The second kappa shape index (κ2) is 19.7. The maximum atomic E-state index is 13.1. The molecule has 11 atom stereocenters. The van der Waals surface area contributed by atoms with Gasteiger partial charge in [-0.15, -0.1) is 0 Å². The minimum absolute atomic E-state index is 0.00648. The Balaban J connectivity index is 0.000000159. The first kappa shape index (κ1) is 50.5. The molecule has 3 aromatic carbocycles. The molecule has 5 heterocycles. The highest BCUT2D eigenvalue weighted by molar-refractivity contribution is 6.31. The molecule has 12 heteroatoms. The van der Waals surface area contributed by atoms with Crippen molar-refractivity contribution in [2.45, 2.75) is 162 Å². The molecule has 72 heavy (non-hydrogen) atoms. The first-order valence-electron chi connectivity index (χ1n) is 27.2. The van der Waals surface area contributed by atoms with Gasteiger partial charge >= 0.3 is 11.9 Å². The number of hydrogen-bond acceptors (Lipinski definition) is 9. The minimum atomic E-state index is -0.533. The Morgan fingerprint density at radius 2 is 1.56 bits per heavy atom. The third-order valence-corrected chi connectivity index (χ3v) is 18.9. The molecule has 1 saturated heterocycles. The lowest BCUT2D eigenvalue weighted by atomic mass is 9.47. The molecule has 3 aliphatic heterocycles. The van der Waals surface area contributed by atoms with Crippen LogP contribution in [0.3, 0.4) is 0 Å². The SMILES string of the molecule is CC(C)CCCC(C)C1CCC2C3CC=C4CC(OC(=O)CCC(=O)OCC=O)CCC4(C)C3CCC12C.CC1(N)CC2OC1n1c3ccccc3c3c4c(c5c6ccccc6n2c5c31)C(=O)NC4.COC. The van der Waals surface area contributed by atoms with Crippen LogP contribution in [-0.4, -0.2) is 65.7 Å². The van der Waals surface area contributed by atoms with Crippen LogP contribution >= 0.6 is 0 Å². The monoisotopic (exact) mass is 983 g/mol. The van der Waals surface area contributed by atoms with Crippen molar-refractivity contribution in [2.24, 2.45) is 52.1 Å². The van der Waals surface area contributed by atoms with E-state index in [0.29, 0.717) is 24.7 Å². The molecule has 4 fully saturated rings. The number of esters is 2. The van der Waals surface area contributed by atoms with E-state index in [2.05, 4.69) is 109 Å². The Bertz CT molecular complexity index is 2950. The molecule has 0 spiro atoms. The summed E-state index contributed by atoms with van der Waals surface area (Å²) >= 11 is 0. The third kappa shape index (κ3) is 8.39. The van der Waals surface area contributed by atoms with Gasteiger partial charge in [0.2, 0.25) is 0 Å². The van der Waals surface area contributed by atoms with Gasteiger partial charge in [-0.2, -0.15) is 0 Å². The summed E-state index contributed by atoms with van der Waals surface area (Å²) in [5, 5.41) is 7.52. The Hall–Kier alpha value is -5.04. The molecule has 2 bridgehead atoms. The number of carbonyl (C=O) groups excluding carboxylic acids is 4. The van der Waals surface area contributed by atoms with E-state index in [1.807, 2.05) is 6.07 Å². The molecule has 12 nitrogen and oxygen atoms in total. The summed E-state index contributed by atoms with van der Waals surface area (Å²) in [6.45, 7) is 14.8. The van der Waals surface area contributed by atoms with E-state index in [1.165, 1.54) is 56.9 Å². The number of fused-ring (bicyclic) bond motifs is 18. The number of methoxy groups -OCH3 is 1. The summed E-state index contributed by atoms with van der Waals surface area (Å²) in [7, 11) is 3.25.